The Bertz CT molecular complexity index is 502. The molecule has 3 rings (SSSR count). The first-order valence-electron chi connectivity index (χ1n) is 6.67. The van der Waals surface area contributed by atoms with Crippen molar-refractivity contribution in [1.29, 1.82) is 0 Å². The molecule has 1 unspecified atom stereocenters. The van der Waals surface area contributed by atoms with Crippen LogP contribution in [0.1, 0.15) is 29.6 Å². The number of hydrogen-bond acceptors (Lipinski definition) is 3. The van der Waals surface area contributed by atoms with Crippen LogP contribution in [0.5, 0.6) is 0 Å². The normalized spacial score (nSPS) is 23.5. The molecule has 5 heteroatoms. The van der Waals surface area contributed by atoms with Crippen molar-refractivity contribution in [3.05, 3.63) is 28.8 Å². The summed E-state index contributed by atoms with van der Waals surface area (Å²) in [6.07, 6.45) is 3.68. The molecule has 1 aliphatic heterocycles. The van der Waals surface area contributed by atoms with Crippen molar-refractivity contribution in [2.24, 2.45) is 0 Å². The molecule has 0 radical (unpaired) electrons. The lowest BCUT2D eigenvalue weighted by atomic mass is 10.1. The first kappa shape index (κ1) is 12.8. The summed E-state index contributed by atoms with van der Waals surface area (Å²) in [4.78, 5) is 13.7. The minimum Gasteiger partial charge on any atom is -0.478 e. The van der Waals surface area contributed by atoms with Crippen molar-refractivity contribution < 1.29 is 9.90 Å². The van der Waals surface area contributed by atoms with Crippen molar-refractivity contribution in [2.45, 2.75) is 31.3 Å². The lowest BCUT2D eigenvalue weighted by molar-refractivity contribution is 0.0698. The van der Waals surface area contributed by atoms with Crippen molar-refractivity contribution in [3.63, 3.8) is 0 Å². The maximum Gasteiger partial charge on any atom is 0.337 e. The number of nitrogens with one attached hydrogen (secondary N) is 1. The maximum absolute atomic E-state index is 11.2. The van der Waals surface area contributed by atoms with Crippen LogP contribution in [0.2, 0.25) is 5.02 Å². The van der Waals surface area contributed by atoms with E-state index in [0.29, 0.717) is 16.8 Å². The molecule has 1 aliphatic carbocycles. The molecule has 0 spiro atoms. The summed E-state index contributed by atoms with van der Waals surface area (Å²) in [6, 6.07) is 5.95. The van der Waals surface area contributed by atoms with Gasteiger partial charge in [0.05, 0.1) is 11.3 Å². The lowest BCUT2D eigenvalue weighted by Gasteiger charge is -2.18. The van der Waals surface area contributed by atoms with Gasteiger partial charge in [0.1, 0.15) is 0 Å². The van der Waals surface area contributed by atoms with Gasteiger partial charge in [-0.3, -0.25) is 4.90 Å². The highest BCUT2D eigenvalue weighted by molar-refractivity contribution is 6.31. The summed E-state index contributed by atoms with van der Waals surface area (Å²) in [5.74, 6) is -0.920. The Morgan fingerprint density at radius 3 is 2.84 bits per heavy atom. The van der Waals surface area contributed by atoms with Crippen molar-refractivity contribution in [2.75, 3.05) is 18.4 Å². The van der Waals surface area contributed by atoms with Crippen LogP contribution in [-0.4, -0.2) is 41.1 Å². The number of anilines is 1. The number of carboxylic acids is 1. The largest absolute Gasteiger partial charge is 0.478 e. The highest BCUT2D eigenvalue weighted by atomic mass is 35.5. The first-order chi connectivity index (χ1) is 9.13. The average Bonchev–Trinajstić information content (AvgIpc) is 3.10. The van der Waals surface area contributed by atoms with Crippen LogP contribution in [-0.2, 0) is 0 Å². The monoisotopic (exact) mass is 280 g/mol. The standard InChI is InChI=1S/C14H17ClN2O2/c15-9-1-4-12(14(18)19)13(7-9)16-10-5-6-17(8-10)11-2-3-11/h1,4,7,10-11,16H,2-3,5-6,8H2,(H,18,19). The third-order valence-corrected chi connectivity index (χ3v) is 4.09. The second kappa shape index (κ2) is 5.02. The minimum atomic E-state index is -0.920. The van der Waals surface area contributed by atoms with E-state index in [1.807, 2.05) is 0 Å². The van der Waals surface area contributed by atoms with Crippen LogP contribution in [0.4, 0.5) is 5.69 Å². The molecule has 19 heavy (non-hydrogen) atoms. The summed E-state index contributed by atoms with van der Waals surface area (Å²) in [6.45, 7) is 2.10. The topological polar surface area (TPSA) is 52.6 Å². The fourth-order valence-electron chi connectivity index (χ4n) is 2.72. The van der Waals surface area contributed by atoms with Gasteiger partial charge in [-0.1, -0.05) is 11.6 Å². The second-order valence-electron chi connectivity index (χ2n) is 5.35. The van der Waals surface area contributed by atoms with E-state index in [9.17, 15) is 9.90 Å². The molecule has 1 atom stereocenters. The highest BCUT2D eigenvalue weighted by Crippen LogP contribution is 2.31. The van der Waals surface area contributed by atoms with E-state index in [4.69, 9.17) is 11.6 Å². The van der Waals surface area contributed by atoms with E-state index in [1.165, 1.54) is 12.8 Å². The van der Waals surface area contributed by atoms with Gasteiger partial charge in [0.15, 0.2) is 0 Å². The van der Waals surface area contributed by atoms with E-state index >= 15 is 0 Å². The van der Waals surface area contributed by atoms with Crippen LogP contribution in [0.25, 0.3) is 0 Å². The fraction of sp³-hybridized carbons (Fsp3) is 0.500. The molecule has 1 aromatic rings. The van der Waals surface area contributed by atoms with Gasteiger partial charge >= 0.3 is 5.97 Å². The Balaban J connectivity index is 1.72. The number of benzene rings is 1. The Kier molecular flexibility index (Phi) is 3.37. The van der Waals surface area contributed by atoms with Gasteiger partial charge in [0.2, 0.25) is 0 Å². The van der Waals surface area contributed by atoms with Gasteiger partial charge in [0.25, 0.3) is 0 Å². The van der Waals surface area contributed by atoms with Crippen molar-refractivity contribution in [1.82, 2.24) is 4.90 Å². The van der Waals surface area contributed by atoms with Gasteiger partial charge in [-0.05, 0) is 37.5 Å². The summed E-state index contributed by atoms with van der Waals surface area (Å²) >= 11 is 5.95. The van der Waals surface area contributed by atoms with Gasteiger partial charge in [0, 0.05) is 30.2 Å². The molecule has 2 fully saturated rings. The quantitative estimate of drug-likeness (QED) is 0.890. The number of carbonyl (C=O) groups is 1. The summed E-state index contributed by atoms with van der Waals surface area (Å²) < 4.78 is 0. The Morgan fingerprint density at radius 1 is 1.37 bits per heavy atom. The van der Waals surface area contributed by atoms with Crippen LogP contribution in [0, 0.1) is 0 Å². The van der Waals surface area contributed by atoms with Gasteiger partial charge < -0.3 is 10.4 Å². The molecule has 0 aromatic heterocycles. The Labute approximate surface area is 117 Å². The Morgan fingerprint density at radius 2 is 2.16 bits per heavy atom. The van der Waals surface area contributed by atoms with E-state index in [2.05, 4.69) is 10.2 Å². The molecule has 0 bridgehead atoms. The minimum absolute atomic E-state index is 0.286. The summed E-state index contributed by atoms with van der Waals surface area (Å²) in [7, 11) is 0. The SMILES string of the molecule is O=C(O)c1ccc(Cl)cc1NC1CCN(C2CC2)C1. The van der Waals surface area contributed by atoms with Gasteiger partial charge in [-0.15, -0.1) is 0 Å². The molecule has 1 saturated heterocycles. The predicted molar refractivity (Wildman–Crippen MR) is 75.0 cm³/mol. The van der Waals surface area contributed by atoms with Crippen molar-refractivity contribution >= 4 is 23.3 Å². The van der Waals surface area contributed by atoms with Crippen LogP contribution in [0.15, 0.2) is 18.2 Å². The average molecular weight is 281 g/mol. The van der Waals surface area contributed by atoms with Crippen LogP contribution >= 0.6 is 11.6 Å². The molecular formula is C14H17ClN2O2. The molecule has 1 heterocycles. The zero-order valence-electron chi connectivity index (χ0n) is 10.6. The molecular weight excluding hydrogens is 264 g/mol. The highest BCUT2D eigenvalue weighted by Gasteiger charge is 2.34. The first-order valence-corrected chi connectivity index (χ1v) is 7.05. The third-order valence-electron chi connectivity index (χ3n) is 3.85. The maximum atomic E-state index is 11.2. The number of nitrogens with zero attached hydrogens (tertiary/aromatic N) is 1. The number of halogens is 1. The van der Waals surface area contributed by atoms with Crippen molar-refractivity contribution in [3.8, 4) is 0 Å². The predicted octanol–water partition coefficient (Wildman–Crippen LogP) is 2.69. The van der Waals surface area contributed by atoms with E-state index < -0.39 is 5.97 Å². The number of aromatic carboxylic acids is 1. The third kappa shape index (κ3) is 2.85. The molecule has 4 nitrogen and oxygen atoms in total. The molecule has 102 valence electrons. The second-order valence-corrected chi connectivity index (χ2v) is 5.79. The summed E-state index contributed by atoms with van der Waals surface area (Å²) in [5.41, 5.74) is 0.914. The number of hydrogen-bond donors (Lipinski definition) is 2. The Hall–Kier alpha value is -1.26. The number of likely N-dealkylation sites (tertiary alicyclic amines) is 1. The van der Waals surface area contributed by atoms with E-state index in [1.54, 1.807) is 18.2 Å². The molecule has 2 N–H and O–H groups in total. The van der Waals surface area contributed by atoms with Gasteiger partial charge in [-0.25, -0.2) is 4.79 Å². The zero-order chi connectivity index (χ0) is 13.4. The van der Waals surface area contributed by atoms with Crippen LogP contribution < -0.4 is 5.32 Å². The number of carboxylic acid groups (broad SMARTS) is 1. The van der Waals surface area contributed by atoms with Gasteiger partial charge in [-0.2, -0.15) is 0 Å². The fourth-order valence-corrected chi connectivity index (χ4v) is 2.89. The molecule has 0 amide bonds. The smallest absolute Gasteiger partial charge is 0.337 e. The molecule has 1 saturated carbocycles. The summed E-state index contributed by atoms with van der Waals surface area (Å²) in [5, 5.41) is 13.1. The zero-order valence-corrected chi connectivity index (χ0v) is 11.4. The molecule has 2 aliphatic rings. The van der Waals surface area contributed by atoms with E-state index in [0.717, 1.165) is 25.6 Å². The number of rotatable bonds is 4. The van der Waals surface area contributed by atoms with Crippen LogP contribution in [0.3, 0.4) is 0 Å². The molecule has 1 aromatic carbocycles. The van der Waals surface area contributed by atoms with E-state index in [-0.39, 0.29) is 5.56 Å². The lowest BCUT2D eigenvalue weighted by Crippen LogP contribution is -2.28.